The van der Waals surface area contributed by atoms with Gasteiger partial charge in [0.25, 0.3) is 5.91 Å². The first-order valence-electron chi connectivity index (χ1n) is 8.29. The van der Waals surface area contributed by atoms with Crippen molar-refractivity contribution in [3.8, 4) is 22.8 Å². The Kier molecular flexibility index (Phi) is 5.51. The van der Waals surface area contributed by atoms with Crippen LogP contribution in [-0.2, 0) is 0 Å². The molecular formula is C20H19ClN2O2. The first-order valence-corrected chi connectivity index (χ1v) is 8.67. The zero-order chi connectivity index (χ0) is 17.6. The summed E-state index contributed by atoms with van der Waals surface area (Å²) in [6.45, 7) is 2.69. The van der Waals surface area contributed by atoms with E-state index in [0.29, 0.717) is 23.2 Å². The zero-order valence-corrected chi connectivity index (χ0v) is 14.7. The molecule has 0 saturated heterocycles. The maximum absolute atomic E-state index is 12.6. The third-order valence-corrected chi connectivity index (χ3v) is 4.04. The fourth-order valence-electron chi connectivity index (χ4n) is 2.44. The second-order valence-electron chi connectivity index (χ2n) is 5.68. The van der Waals surface area contributed by atoms with Gasteiger partial charge in [0.05, 0.1) is 0 Å². The molecule has 0 atom stereocenters. The van der Waals surface area contributed by atoms with E-state index in [2.05, 4.69) is 17.2 Å². The summed E-state index contributed by atoms with van der Waals surface area (Å²) in [6.07, 6.45) is 1.93. The van der Waals surface area contributed by atoms with Gasteiger partial charge in [-0.15, -0.1) is 0 Å². The largest absolute Gasteiger partial charge is 0.435 e. The molecule has 0 spiro atoms. The lowest BCUT2D eigenvalue weighted by Gasteiger charge is -2.03. The van der Waals surface area contributed by atoms with Crippen molar-refractivity contribution < 1.29 is 9.21 Å². The normalized spacial score (nSPS) is 10.6. The first kappa shape index (κ1) is 17.2. The lowest BCUT2D eigenvalue weighted by Crippen LogP contribution is -2.25. The summed E-state index contributed by atoms with van der Waals surface area (Å²) in [5.41, 5.74) is 1.88. The highest BCUT2D eigenvalue weighted by molar-refractivity contribution is 6.30. The monoisotopic (exact) mass is 354 g/mol. The van der Waals surface area contributed by atoms with E-state index in [0.717, 1.165) is 24.0 Å². The van der Waals surface area contributed by atoms with Crippen molar-refractivity contribution in [2.45, 2.75) is 19.8 Å². The number of hydrogen-bond acceptors (Lipinski definition) is 3. The number of benzene rings is 2. The van der Waals surface area contributed by atoms with E-state index < -0.39 is 0 Å². The maximum atomic E-state index is 12.6. The molecule has 3 rings (SSSR count). The van der Waals surface area contributed by atoms with Crippen molar-refractivity contribution in [2.75, 3.05) is 6.54 Å². The van der Waals surface area contributed by atoms with Crippen LogP contribution in [0.3, 0.4) is 0 Å². The molecule has 0 aliphatic heterocycles. The average Bonchev–Trinajstić information content (AvgIpc) is 3.09. The molecule has 5 heteroatoms. The van der Waals surface area contributed by atoms with Gasteiger partial charge in [-0.3, -0.25) is 4.79 Å². The summed E-state index contributed by atoms with van der Waals surface area (Å²) in [7, 11) is 0. The molecule has 1 heterocycles. The van der Waals surface area contributed by atoms with Crippen LogP contribution in [0, 0.1) is 0 Å². The summed E-state index contributed by atoms with van der Waals surface area (Å²) < 4.78 is 5.94. The minimum atomic E-state index is -0.232. The Morgan fingerprint density at radius 2 is 1.80 bits per heavy atom. The van der Waals surface area contributed by atoms with Gasteiger partial charge in [-0.05, 0) is 42.8 Å². The van der Waals surface area contributed by atoms with Crippen molar-refractivity contribution in [3.63, 3.8) is 0 Å². The van der Waals surface area contributed by atoms with Gasteiger partial charge in [0.15, 0.2) is 11.5 Å². The molecular weight excluding hydrogens is 336 g/mol. The van der Waals surface area contributed by atoms with Crippen molar-refractivity contribution in [2.24, 2.45) is 0 Å². The highest BCUT2D eigenvalue weighted by atomic mass is 35.5. The van der Waals surface area contributed by atoms with Gasteiger partial charge in [0, 0.05) is 22.7 Å². The fraction of sp³-hybridized carbons (Fsp3) is 0.200. The van der Waals surface area contributed by atoms with Crippen molar-refractivity contribution in [1.82, 2.24) is 10.3 Å². The smallest absolute Gasteiger partial charge is 0.273 e. The number of oxazole rings is 1. The van der Waals surface area contributed by atoms with Gasteiger partial charge in [-0.25, -0.2) is 4.98 Å². The Labute approximate surface area is 151 Å². The topological polar surface area (TPSA) is 55.1 Å². The van der Waals surface area contributed by atoms with Crippen LogP contribution in [0.2, 0.25) is 5.02 Å². The Bertz CT molecular complexity index is 842. The van der Waals surface area contributed by atoms with Gasteiger partial charge in [0.1, 0.15) is 0 Å². The van der Waals surface area contributed by atoms with E-state index >= 15 is 0 Å². The predicted molar refractivity (Wildman–Crippen MR) is 99.6 cm³/mol. The van der Waals surface area contributed by atoms with Gasteiger partial charge in [-0.1, -0.05) is 43.1 Å². The molecule has 0 aliphatic carbocycles. The van der Waals surface area contributed by atoms with Crippen LogP contribution in [-0.4, -0.2) is 17.4 Å². The van der Waals surface area contributed by atoms with E-state index in [1.54, 1.807) is 12.1 Å². The average molecular weight is 355 g/mol. The fourth-order valence-corrected chi connectivity index (χ4v) is 2.56. The molecule has 0 unspecified atom stereocenters. The summed E-state index contributed by atoms with van der Waals surface area (Å²) in [5, 5.41) is 3.52. The van der Waals surface area contributed by atoms with Crippen LogP contribution in [0.5, 0.6) is 0 Å². The third kappa shape index (κ3) is 4.09. The summed E-state index contributed by atoms with van der Waals surface area (Å²) >= 11 is 5.96. The van der Waals surface area contributed by atoms with E-state index in [-0.39, 0.29) is 11.6 Å². The second kappa shape index (κ2) is 7.99. The van der Waals surface area contributed by atoms with Crippen LogP contribution < -0.4 is 5.32 Å². The van der Waals surface area contributed by atoms with Gasteiger partial charge in [0.2, 0.25) is 5.89 Å². The van der Waals surface area contributed by atoms with Crippen LogP contribution in [0.25, 0.3) is 22.8 Å². The molecule has 0 fully saturated rings. The van der Waals surface area contributed by atoms with Crippen LogP contribution in [0.15, 0.2) is 59.0 Å². The summed E-state index contributed by atoms with van der Waals surface area (Å²) in [4.78, 5) is 17.0. The molecule has 0 saturated carbocycles. The van der Waals surface area contributed by atoms with Crippen LogP contribution in [0.1, 0.15) is 30.3 Å². The molecule has 3 aromatic rings. The summed E-state index contributed by atoms with van der Waals surface area (Å²) in [6, 6.07) is 16.7. The first-order chi connectivity index (χ1) is 12.2. The number of nitrogens with zero attached hydrogens (tertiary/aromatic N) is 1. The lowest BCUT2D eigenvalue weighted by atomic mass is 10.1. The molecule has 4 nitrogen and oxygen atoms in total. The van der Waals surface area contributed by atoms with Gasteiger partial charge < -0.3 is 9.73 Å². The number of halogens is 1. The quantitative estimate of drug-likeness (QED) is 0.619. The SMILES string of the molecule is CCCCNC(=O)c1nc(-c2ccccc2)oc1-c1ccc(Cl)cc1. The molecule has 0 bridgehead atoms. The molecule has 0 radical (unpaired) electrons. The van der Waals surface area contributed by atoms with Gasteiger partial charge in [-0.2, -0.15) is 0 Å². The highest BCUT2D eigenvalue weighted by Crippen LogP contribution is 2.30. The Morgan fingerprint density at radius 3 is 2.48 bits per heavy atom. The van der Waals surface area contributed by atoms with E-state index in [9.17, 15) is 4.79 Å². The number of rotatable bonds is 6. The van der Waals surface area contributed by atoms with Crippen molar-refractivity contribution in [1.29, 1.82) is 0 Å². The molecule has 128 valence electrons. The number of aromatic nitrogens is 1. The number of carbonyl (C=O) groups is 1. The second-order valence-corrected chi connectivity index (χ2v) is 6.12. The minimum Gasteiger partial charge on any atom is -0.435 e. The van der Waals surface area contributed by atoms with Crippen molar-refractivity contribution >= 4 is 17.5 Å². The van der Waals surface area contributed by atoms with Crippen LogP contribution in [0.4, 0.5) is 0 Å². The molecule has 1 amide bonds. The molecule has 0 aliphatic rings. The lowest BCUT2D eigenvalue weighted by molar-refractivity contribution is 0.0949. The Balaban J connectivity index is 2.00. The molecule has 1 aromatic heterocycles. The number of carbonyl (C=O) groups excluding carboxylic acids is 1. The number of hydrogen-bond donors (Lipinski definition) is 1. The Hall–Kier alpha value is -2.59. The van der Waals surface area contributed by atoms with E-state index in [1.807, 2.05) is 42.5 Å². The number of nitrogens with one attached hydrogen (secondary N) is 1. The summed E-state index contributed by atoms with van der Waals surface area (Å²) in [5.74, 6) is 0.639. The molecule has 25 heavy (non-hydrogen) atoms. The molecule has 1 N–H and O–H groups in total. The van der Waals surface area contributed by atoms with E-state index in [1.165, 1.54) is 0 Å². The highest BCUT2D eigenvalue weighted by Gasteiger charge is 2.22. The molecule has 2 aromatic carbocycles. The third-order valence-electron chi connectivity index (χ3n) is 3.79. The minimum absolute atomic E-state index is 0.232. The van der Waals surface area contributed by atoms with Crippen LogP contribution >= 0.6 is 11.6 Å². The number of amides is 1. The van der Waals surface area contributed by atoms with Crippen molar-refractivity contribution in [3.05, 3.63) is 65.3 Å². The standard InChI is InChI=1S/C20H19ClN2O2/c1-2-3-13-22-19(24)17-18(14-9-11-16(21)12-10-14)25-20(23-17)15-7-5-4-6-8-15/h4-12H,2-3,13H2,1H3,(H,22,24). The Morgan fingerprint density at radius 1 is 1.08 bits per heavy atom. The van der Waals surface area contributed by atoms with E-state index in [4.69, 9.17) is 16.0 Å². The van der Waals surface area contributed by atoms with Gasteiger partial charge >= 0.3 is 0 Å². The zero-order valence-electron chi connectivity index (χ0n) is 14.0. The maximum Gasteiger partial charge on any atom is 0.273 e. The number of unbranched alkanes of at least 4 members (excludes halogenated alkanes) is 1. The predicted octanol–water partition coefficient (Wildman–Crippen LogP) is 5.19.